The SMILES string of the molecule is Cc1cc(-c2nc(NC3=NC(C)(C)CO3)c3cc(N)ccc3n2)cc(C)c1Oc1cc2nncn2cn1. The number of nitrogens with one attached hydrogen (secondary N) is 1. The van der Waals surface area contributed by atoms with E-state index >= 15 is 0 Å². The van der Waals surface area contributed by atoms with E-state index in [0.717, 1.165) is 27.6 Å². The molecule has 5 aromatic rings. The molecule has 186 valence electrons. The summed E-state index contributed by atoms with van der Waals surface area (Å²) in [7, 11) is 0. The molecule has 11 nitrogen and oxygen atoms in total. The minimum atomic E-state index is -0.301. The van der Waals surface area contributed by atoms with Crippen molar-refractivity contribution in [3.8, 4) is 23.0 Å². The van der Waals surface area contributed by atoms with Crippen LogP contribution >= 0.6 is 0 Å². The molecule has 37 heavy (non-hydrogen) atoms. The zero-order chi connectivity index (χ0) is 25.7. The van der Waals surface area contributed by atoms with E-state index in [1.165, 1.54) is 0 Å². The van der Waals surface area contributed by atoms with Crippen molar-refractivity contribution in [1.29, 1.82) is 0 Å². The first kappa shape index (κ1) is 22.7. The molecule has 1 aliphatic rings. The van der Waals surface area contributed by atoms with E-state index in [2.05, 4.69) is 25.5 Å². The van der Waals surface area contributed by atoms with Gasteiger partial charge >= 0.3 is 0 Å². The number of amidine groups is 1. The van der Waals surface area contributed by atoms with Gasteiger partial charge in [0.25, 0.3) is 6.02 Å². The molecule has 3 N–H and O–H groups in total. The number of fused-ring (bicyclic) bond motifs is 2. The zero-order valence-corrected chi connectivity index (χ0v) is 20.9. The van der Waals surface area contributed by atoms with E-state index in [4.69, 9.17) is 25.2 Å². The molecule has 0 aliphatic carbocycles. The Bertz CT molecular complexity index is 1680. The van der Waals surface area contributed by atoms with Gasteiger partial charge in [0.15, 0.2) is 11.5 Å². The van der Waals surface area contributed by atoms with Crippen molar-refractivity contribution in [1.82, 2.24) is 29.5 Å². The first-order valence-electron chi connectivity index (χ1n) is 11.8. The van der Waals surface area contributed by atoms with Crippen molar-refractivity contribution in [2.24, 2.45) is 4.99 Å². The van der Waals surface area contributed by atoms with Crippen LogP contribution in [0.2, 0.25) is 0 Å². The first-order chi connectivity index (χ1) is 17.7. The highest BCUT2D eigenvalue weighted by molar-refractivity contribution is 6.00. The Morgan fingerprint density at radius 3 is 2.62 bits per heavy atom. The molecule has 0 atom stereocenters. The summed E-state index contributed by atoms with van der Waals surface area (Å²) < 4.78 is 13.6. The molecule has 0 bridgehead atoms. The summed E-state index contributed by atoms with van der Waals surface area (Å²) >= 11 is 0. The summed E-state index contributed by atoms with van der Waals surface area (Å²) in [5.41, 5.74) is 10.5. The van der Waals surface area contributed by atoms with E-state index < -0.39 is 0 Å². The second kappa shape index (κ2) is 8.40. The van der Waals surface area contributed by atoms with Gasteiger partial charge in [0.2, 0.25) is 5.88 Å². The Morgan fingerprint density at radius 2 is 1.86 bits per heavy atom. The number of aromatic nitrogens is 6. The van der Waals surface area contributed by atoms with Crippen LogP contribution in [0.3, 0.4) is 0 Å². The number of ether oxygens (including phenoxy) is 2. The van der Waals surface area contributed by atoms with Crippen molar-refractivity contribution in [3.63, 3.8) is 0 Å². The molecule has 3 aromatic heterocycles. The maximum absolute atomic E-state index is 6.13. The topological polar surface area (TPSA) is 138 Å². The fraction of sp³-hybridized carbons (Fsp3) is 0.231. The zero-order valence-electron chi connectivity index (χ0n) is 20.9. The summed E-state index contributed by atoms with van der Waals surface area (Å²) in [6.45, 7) is 8.47. The van der Waals surface area contributed by atoms with Crippen LogP contribution in [-0.4, -0.2) is 47.7 Å². The maximum atomic E-state index is 6.13. The molecule has 0 fully saturated rings. The molecule has 2 aromatic carbocycles. The summed E-state index contributed by atoms with van der Waals surface area (Å²) in [5, 5.41) is 11.9. The number of hydrogen-bond acceptors (Lipinski definition) is 10. The van der Waals surface area contributed by atoms with E-state index in [1.54, 1.807) is 23.1 Å². The minimum Gasteiger partial charge on any atom is -0.462 e. The smallest absolute Gasteiger partial charge is 0.291 e. The maximum Gasteiger partial charge on any atom is 0.291 e. The molecule has 0 radical (unpaired) electrons. The van der Waals surface area contributed by atoms with Gasteiger partial charge in [-0.15, -0.1) is 10.2 Å². The fourth-order valence-electron chi connectivity index (χ4n) is 4.23. The summed E-state index contributed by atoms with van der Waals surface area (Å²) in [6, 6.07) is 11.7. The molecule has 1 aliphatic heterocycles. The lowest BCUT2D eigenvalue weighted by Crippen LogP contribution is -2.17. The lowest BCUT2D eigenvalue weighted by atomic mass is 10.0. The average Bonchev–Trinajstić information content (AvgIpc) is 3.46. The first-order valence-corrected chi connectivity index (χ1v) is 11.8. The van der Waals surface area contributed by atoms with Crippen LogP contribution in [0.25, 0.3) is 27.9 Å². The van der Waals surface area contributed by atoms with Crippen molar-refractivity contribution in [2.75, 3.05) is 17.7 Å². The second-order valence-corrected chi connectivity index (χ2v) is 9.68. The molecule has 0 unspecified atom stereocenters. The quantitative estimate of drug-likeness (QED) is 0.349. The van der Waals surface area contributed by atoms with Crippen molar-refractivity contribution in [3.05, 3.63) is 60.2 Å². The van der Waals surface area contributed by atoms with Gasteiger partial charge in [-0.1, -0.05) is 0 Å². The molecular formula is C26H25N9O2. The number of anilines is 2. The number of aliphatic imine (C=N–C) groups is 1. The number of nitrogen functional groups attached to an aromatic ring is 1. The van der Waals surface area contributed by atoms with E-state index in [1.807, 2.05) is 58.0 Å². The number of nitrogens with two attached hydrogens (primary N) is 1. The largest absolute Gasteiger partial charge is 0.462 e. The van der Waals surface area contributed by atoms with E-state index in [0.29, 0.717) is 47.2 Å². The summed E-state index contributed by atoms with van der Waals surface area (Å²) in [5.74, 6) is 2.28. The van der Waals surface area contributed by atoms with Crippen molar-refractivity contribution >= 4 is 34.1 Å². The number of rotatable bonds is 4. The van der Waals surface area contributed by atoms with Crippen LogP contribution in [0.5, 0.6) is 11.6 Å². The third kappa shape index (κ3) is 4.35. The molecule has 0 spiro atoms. The highest BCUT2D eigenvalue weighted by Gasteiger charge is 2.27. The van der Waals surface area contributed by atoms with Gasteiger partial charge in [-0.2, -0.15) is 0 Å². The Labute approximate surface area is 212 Å². The van der Waals surface area contributed by atoms with Gasteiger partial charge in [-0.3, -0.25) is 9.72 Å². The highest BCUT2D eigenvalue weighted by Crippen LogP contribution is 2.34. The normalized spacial score (nSPS) is 14.5. The third-order valence-corrected chi connectivity index (χ3v) is 6.00. The Balaban J connectivity index is 1.38. The lowest BCUT2D eigenvalue weighted by molar-refractivity contribution is 0.278. The van der Waals surface area contributed by atoms with E-state index in [-0.39, 0.29) is 5.54 Å². The number of hydrogen-bond donors (Lipinski definition) is 2. The van der Waals surface area contributed by atoms with Gasteiger partial charge in [0, 0.05) is 22.7 Å². The number of benzene rings is 2. The highest BCUT2D eigenvalue weighted by atomic mass is 16.5. The molecule has 4 heterocycles. The Morgan fingerprint density at radius 1 is 1.05 bits per heavy atom. The van der Waals surface area contributed by atoms with Crippen LogP contribution in [0.1, 0.15) is 25.0 Å². The lowest BCUT2D eigenvalue weighted by Gasteiger charge is -2.14. The standard InChI is InChI=1S/C26H25N9O2/c1-14-7-16(8-15(2)22(14)37-21-10-20-34-29-13-35(20)12-28-21)23-30-19-6-5-17(27)9-18(19)24(31-23)32-25-33-26(3,4)11-36-25/h5-10,12-13H,11,27H2,1-4H3,(H,30,31,32,33). The molecular weight excluding hydrogens is 470 g/mol. The molecule has 6 rings (SSSR count). The summed E-state index contributed by atoms with van der Waals surface area (Å²) in [6.07, 6.45) is 3.21. The Kier molecular flexibility index (Phi) is 5.14. The fourth-order valence-corrected chi connectivity index (χ4v) is 4.23. The van der Waals surface area contributed by atoms with Crippen molar-refractivity contribution < 1.29 is 9.47 Å². The van der Waals surface area contributed by atoms with Crippen molar-refractivity contribution in [2.45, 2.75) is 33.2 Å². The minimum absolute atomic E-state index is 0.301. The van der Waals surface area contributed by atoms with Crippen LogP contribution in [0, 0.1) is 13.8 Å². The van der Waals surface area contributed by atoms with Crippen LogP contribution in [-0.2, 0) is 4.74 Å². The van der Waals surface area contributed by atoms with Gasteiger partial charge < -0.3 is 15.2 Å². The molecule has 0 saturated heterocycles. The van der Waals surface area contributed by atoms with Crippen LogP contribution in [0.15, 0.2) is 54.0 Å². The molecule has 0 amide bonds. The van der Waals surface area contributed by atoms with Gasteiger partial charge in [0.05, 0.1) is 11.1 Å². The average molecular weight is 496 g/mol. The van der Waals surface area contributed by atoms with E-state index in [9.17, 15) is 0 Å². The number of aryl methyl sites for hydroxylation is 2. The Hall–Kier alpha value is -4.80. The molecule has 0 saturated carbocycles. The monoisotopic (exact) mass is 495 g/mol. The third-order valence-electron chi connectivity index (χ3n) is 6.00. The summed E-state index contributed by atoms with van der Waals surface area (Å²) in [4.78, 5) is 18.6. The second-order valence-electron chi connectivity index (χ2n) is 9.68. The number of nitrogens with zero attached hydrogens (tertiary/aromatic N) is 7. The van der Waals surface area contributed by atoms with Crippen LogP contribution in [0.4, 0.5) is 11.5 Å². The van der Waals surface area contributed by atoms with Gasteiger partial charge in [-0.05, 0) is 69.2 Å². The predicted octanol–water partition coefficient (Wildman–Crippen LogP) is 4.30. The van der Waals surface area contributed by atoms with Gasteiger partial charge in [0.1, 0.15) is 30.8 Å². The van der Waals surface area contributed by atoms with Gasteiger partial charge in [-0.25, -0.2) is 19.9 Å². The molecule has 11 heteroatoms. The van der Waals surface area contributed by atoms with Crippen LogP contribution < -0.4 is 15.8 Å². The predicted molar refractivity (Wildman–Crippen MR) is 141 cm³/mol.